The van der Waals surface area contributed by atoms with Gasteiger partial charge in [-0.1, -0.05) is 24.9 Å². The smallest absolute Gasteiger partial charge is 0.346 e. The van der Waals surface area contributed by atoms with Crippen molar-refractivity contribution >= 4 is 29.7 Å². The van der Waals surface area contributed by atoms with E-state index >= 15 is 0 Å². The van der Waals surface area contributed by atoms with Gasteiger partial charge in [0.25, 0.3) is 0 Å². The maximum absolute atomic E-state index is 12.2. The van der Waals surface area contributed by atoms with Crippen molar-refractivity contribution in [3.8, 4) is 0 Å². The van der Waals surface area contributed by atoms with Crippen LogP contribution >= 0.6 is 11.6 Å². The van der Waals surface area contributed by atoms with Gasteiger partial charge in [-0.25, -0.2) is 9.79 Å². The number of carbonyl (C=O) groups excluding carboxylic acids is 1. The van der Waals surface area contributed by atoms with E-state index in [0.29, 0.717) is 12.1 Å². The lowest BCUT2D eigenvalue weighted by atomic mass is 10.1. The number of carbonyl (C=O) groups is 1. The second-order valence-corrected chi connectivity index (χ2v) is 4.45. The Bertz CT molecular complexity index is 567. The molecule has 0 saturated heterocycles. The standard InChI is InChI=1S/C13H18ClN3O3/c1-3-5-6-8-10(14)11(18)9(13(19)20-4-2)12(17-8)16-7-15/h7H,3-6H2,1-2H3,(H3,15,16,17,18). The Kier molecular flexibility index (Phi) is 6.24. The van der Waals surface area contributed by atoms with Gasteiger partial charge in [0.1, 0.15) is 5.02 Å². The quantitative estimate of drug-likeness (QED) is 0.478. The molecule has 1 aromatic heterocycles. The molecule has 0 spiro atoms. The van der Waals surface area contributed by atoms with Crippen LogP contribution in [0.15, 0.2) is 9.79 Å². The van der Waals surface area contributed by atoms with Gasteiger partial charge in [-0.3, -0.25) is 4.79 Å². The van der Waals surface area contributed by atoms with Gasteiger partial charge >= 0.3 is 5.97 Å². The van der Waals surface area contributed by atoms with Gasteiger partial charge in [-0.15, -0.1) is 0 Å². The number of rotatable bonds is 6. The molecule has 0 aliphatic carbocycles. The van der Waals surface area contributed by atoms with Crippen molar-refractivity contribution in [3.63, 3.8) is 0 Å². The number of unbranched alkanes of at least 4 members (excludes halogenated alkanes) is 1. The van der Waals surface area contributed by atoms with E-state index in [-0.39, 0.29) is 23.0 Å². The van der Waals surface area contributed by atoms with E-state index in [1.807, 2.05) is 6.92 Å². The first-order valence-corrected chi connectivity index (χ1v) is 6.80. The fraction of sp³-hybridized carbons (Fsp3) is 0.462. The fourth-order valence-electron chi connectivity index (χ4n) is 1.70. The molecule has 0 aliphatic heterocycles. The molecule has 3 N–H and O–H groups in total. The van der Waals surface area contributed by atoms with Crippen LogP contribution in [-0.2, 0) is 11.2 Å². The highest BCUT2D eigenvalue weighted by atomic mass is 35.5. The van der Waals surface area contributed by atoms with Crippen LogP contribution in [0.5, 0.6) is 0 Å². The summed E-state index contributed by atoms with van der Waals surface area (Å²) < 4.78 is 4.84. The lowest BCUT2D eigenvalue weighted by Gasteiger charge is -2.09. The van der Waals surface area contributed by atoms with Crippen molar-refractivity contribution < 1.29 is 9.53 Å². The second-order valence-electron chi connectivity index (χ2n) is 4.07. The van der Waals surface area contributed by atoms with Crippen molar-refractivity contribution in [1.29, 1.82) is 0 Å². The predicted molar refractivity (Wildman–Crippen MR) is 79.0 cm³/mol. The van der Waals surface area contributed by atoms with Gasteiger partial charge in [-0.05, 0) is 19.8 Å². The zero-order valence-corrected chi connectivity index (χ0v) is 12.3. The van der Waals surface area contributed by atoms with Gasteiger partial charge < -0.3 is 15.5 Å². The third-order valence-corrected chi connectivity index (χ3v) is 3.06. The van der Waals surface area contributed by atoms with Crippen LogP contribution < -0.4 is 11.2 Å². The van der Waals surface area contributed by atoms with Gasteiger partial charge in [0, 0.05) is 5.69 Å². The third-order valence-electron chi connectivity index (χ3n) is 2.66. The number of nitrogens with zero attached hydrogens (tertiary/aromatic N) is 1. The number of pyridine rings is 1. The Hall–Kier alpha value is -1.82. The fourth-order valence-corrected chi connectivity index (χ4v) is 1.94. The Morgan fingerprint density at radius 3 is 2.75 bits per heavy atom. The van der Waals surface area contributed by atoms with Crippen LogP contribution in [-0.4, -0.2) is 23.9 Å². The number of nitrogens with two attached hydrogens (primary N) is 1. The highest BCUT2D eigenvalue weighted by Gasteiger charge is 2.22. The summed E-state index contributed by atoms with van der Waals surface area (Å²) in [6.45, 7) is 3.83. The van der Waals surface area contributed by atoms with Crippen LogP contribution in [0.1, 0.15) is 42.7 Å². The molecular weight excluding hydrogens is 282 g/mol. The predicted octanol–water partition coefficient (Wildman–Crippen LogP) is 2.17. The number of hydrogen-bond acceptors (Lipinski definition) is 4. The molecule has 0 saturated carbocycles. The minimum Gasteiger partial charge on any atom is -0.462 e. The summed E-state index contributed by atoms with van der Waals surface area (Å²) in [6.07, 6.45) is 3.42. The van der Waals surface area contributed by atoms with E-state index in [2.05, 4.69) is 9.98 Å². The molecule has 1 rings (SSSR count). The van der Waals surface area contributed by atoms with Crippen LogP contribution in [0, 0.1) is 0 Å². The normalized spacial score (nSPS) is 10.9. The van der Waals surface area contributed by atoms with Crippen LogP contribution in [0.2, 0.25) is 5.02 Å². The Morgan fingerprint density at radius 2 is 2.20 bits per heavy atom. The van der Waals surface area contributed by atoms with Gasteiger partial charge in [0.05, 0.1) is 12.9 Å². The summed E-state index contributed by atoms with van der Waals surface area (Å²) in [6, 6.07) is 0. The molecular formula is C13H18ClN3O3. The van der Waals surface area contributed by atoms with Gasteiger partial charge in [-0.2, -0.15) is 0 Å². The second kappa shape index (κ2) is 7.69. The number of nitrogens with one attached hydrogen (secondary N) is 1. The molecule has 0 atom stereocenters. The van der Waals surface area contributed by atoms with E-state index in [1.54, 1.807) is 6.92 Å². The molecule has 20 heavy (non-hydrogen) atoms. The number of aromatic amines is 1. The van der Waals surface area contributed by atoms with E-state index in [1.165, 1.54) is 0 Å². The van der Waals surface area contributed by atoms with Crippen molar-refractivity contribution in [1.82, 2.24) is 4.98 Å². The van der Waals surface area contributed by atoms with E-state index < -0.39 is 11.4 Å². The van der Waals surface area contributed by atoms with Gasteiger partial charge in [0.2, 0.25) is 5.43 Å². The lowest BCUT2D eigenvalue weighted by Crippen LogP contribution is -2.21. The minimum atomic E-state index is -0.765. The Balaban J connectivity index is 3.40. The number of ether oxygens (including phenoxy) is 1. The van der Waals surface area contributed by atoms with Crippen molar-refractivity contribution in [3.05, 3.63) is 26.5 Å². The maximum Gasteiger partial charge on any atom is 0.346 e. The summed E-state index contributed by atoms with van der Waals surface area (Å²) in [5.74, 6) is -0.690. The summed E-state index contributed by atoms with van der Waals surface area (Å²) >= 11 is 6.02. The summed E-state index contributed by atoms with van der Waals surface area (Å²) in [5.41, 5.74) is 4.98. The van der Waals surface area contributed by atoms with Gasteiger partial charge in [0.15, 0.2) is 11.4 Å². The largest absolute Gasteiger partial charge is 0.462 e. The first-order chi connectivity index (χ1) is 9.56. The number of H-pyrrole nitrogens is 1. The van der Waals surface area contributed by atoms with Crippen LogP contribution in [0.4, 0.5) is 5.82 Å². The molecule has 6 nitrogen and oxygen atoms in total. The number of hydrogen-bond donors (Lipinski definition) is 2. The average molecular weight is 300 g/mol. The van der Waals surface area contributed by atoms with Crippen molar-refractivity contribution in [2.45, 2.75) is 33.1 Å². The van der Waals surface area contributed by atoms with E-state index in [9.17, 15) is 9.59 Å². The van der Waals surface area contributed by atoms with Crippen LogP contribution in [0.3, 0.4) is 0 Å². The molecule has 7 heteroatoms. The first-order valence-electron chi connectivity index (χ1n) is 6.42. The maximum atomic E-state index is 12.2. The first kappa shape index (κ1) is 16.2. The molecule has 0 bridgehead atoms. The number of aromatic nitrogens is 1. The lowest BCUT2D eigenvalue weighted by molar-refractivity contribution is 0.0525. The van der Waals surface area contributed by atoms with E-state index in [4.69, 9.17) is 22.1 Å². The SMILES string of the molecule is CCCCc1[nH]c(N=CN)c(C(=O)OCC)c(=O)c1Cl. The topological polar surface area (TPSA) is 97.5 Å². The third kappa shape index (κ3) is 3.60. The molecule has 0 aromatic carbocycles. The van der Waals surface area contributed by atoms with Crippen LogP contribution in [0.25, 0.3) is 0 Å². The van der Waals surface area contributed by atoms with Crippen molar-refractivity contribution in [2.75, 3.05) is 6.61 Å². The molecule has 1 aromatic rings. The number of esters is 1. The van der Waals surface area contributed by atoms with Crippen molar-refractivity contribution in [2.24, 2.45) is 10.7 Å². The highest BCUT2D eigenvalue weighted by molar-refractivity contribution is 6.31. The molecule has 0 unspecified atom stereocenters. The zero-order chi connectivity index (χ0) is 15.1. The molecule has 1 heterocycles. The molecule has 0 aliphatic rings. The Labute approximate surface area is 122 Å². The monoisotopic (exact) mass is 299 g/mol. The highest BCUT2D eigenvalue weighted by Crippen LogP contribution is 2.21. The molecule has 110 valence electrons. The molecule has 0 radical (unpaired) electrons. The number of aryl methyl sites for hydroxylation is 1. The Morgan fingerprint density at radius 1 is 1.50 bits per heavy atom. The summed E-state index contributed by atoms with van der Waals surface area (Å²) in [7, 11) is 0. The number of halogens is 1. The average Bonchev–Trinajstić information content (AvgIpc) is 2.41. The number of aliphatic imine (C=N–C) groups is 1. The molecule has 0 fully saturated rings. The zero-order valence-electron chi connectivity index (χ0n) is 11.5. The molecule has 0 amide bonds. The summed E-state index contributed by atoms with van der Waals surface area (Å²) in [5, 5.41) is -0.00234. The summed E-state index contributed by atoms with van der Waals surface area (Å²) in [4.78, 5) is 30.7. The minimum absolute atomic E-state index is 0.00234. The van der Waals surface area contributed by atoms with E-state index in [0.717, 1.165) is 19.2 Å².